The Morgan fingerprint density at radius 3 is 2.30 bits per heavy atom. The van der Waals surface area contributed by atoms with E-state index in [4.69, 9.17) is 4.74 Å². The second-order valence-electron chi connectivity index (χ2n) is 6.95. The number of sulfonamides is 1. The molecule has 1 aliphatic rings. The Morgan fingerprint density at radius 2 is 1.77 bits per heavy atom. The lowest BCUT2D eigenvalue weighted by Gasteiger charge is -2.31. The van der Waals surface area contributed by atoms with Gasteiger partial charge in [-0.15, -0.1) is 0 Å². The Kier molecular flexibility index (Phi) is 6.68. The molecule has 2 N–H and O–H groups in total. The molecule has 3 rings (SSSR count). The molecule has 1 aliphatic heterocycles. The van der Waals surface area contributed by atoms with Gasteiger partial charge < -0.3 is 15.4 Å². The van der Waals surface area contributed by atoms with Crippen LogP contribution >= 0.6 is 0 Å². The van der Waals surface area contributed by atoms with Crippen LogP contribution in [0, 0.1) is 0 Å². The molecule has 10 heteroatoms. The van der Waals surface area contributed by atoms with Gasteiger partial charge in [-0.1, -0.05) is 0 Å². The molecule has 0 atom stereocenters. The highest BCUT2D eigenvalue weighted by Crippen LogP contribution is 2.22. The average molecular weight is 433 g/mol. The van der Waals surface area contributed by atoms with E-state index in [1.54, 1.807) is 24.3 Å². The first-order valence-corrected chi connectivity index (χ1v) is 10.9. The first-order valence-electron chi connectivity index (χ1n) is 9.48. The fraction of sp³-hybridized carbons (Fsp3) is 0.350. The van der Waals surface area contributed by atoms with Gasteiger partial charge in [0.15, 0.2) is 0 Å². The normalized spacial score (nSPS) is 15.4. The molecular formula is C20H24N4O5S. The van der Waals surface area contributed by atoms with Crippen molar-refractivity contribution in [2.45, 2.75) is 30.7 Å². The quantitative estimate of drug-likeness (QED) is 0.716. The number of aromatic nitrogens is 1. The Labute approximate surface area is 175 Å². The van der Waals surface area contributed by atoms with E-state index in [0.29, 0.717) is 43.1 Å². The number of amides is 2. The number of benzene rings is 1. The average Bonchev–Trinajstić information content (AvgIpc) is 2.74. The Morgan fingerprint density at radius 1 is 1.10 bits per heavy atom. The smallest absolute Gasteiger partial charge is 0.253 e. The number of hydrogen-bond acceptors (Lipinski definition) is 6. The van der Waals surface area contributed by atoms with Crippen LogP contribution in [0.4, 0.5) is 5.69 Å². The molecule has 0 unspecified atom stereocenters. The zero-order chi connectivity index (χ0) is 21.7. The van der Waals surface area contributed by atoms with E-state index in [9.17, 15) is 18.0 Å². The third kappa shape index (κ3) is 5.14. The Balaban J connectivity index is 1.57. The number of carbonyl (C=O) groups excluding carboxylic acids is 2. The van der Waals surface area contributed by atoms with Crippen molar-refractivity contribution >= 4 is 27.5 Å². The van der Waals surface area contributed by atoms with E-state index in [-0.39, 0.29) is 22.8 Å². The number of pyridine rings is 1. The molecule has 1 aromatic carbocycles. The number of anilines is 1. The van der Waals surface area contributed by atoms with Crippen molar-refractivity contribution in [3.8, 4) is 5.88 Å². The first-order chi connectivity index (χ1) is 14.3. The minimum absolute atomic E-state index is 0.117. The summed E-state index contributed by atoms with van der Waals surface area (Å²) < 4.78 is 32.1. The van der Waals surface area contributed by atoms with Crippen LogP contribution in [-0.4, -0.2) is 55.8 Å². The molecule has 2 aromatic rings. The Hall–Kier alpha value is -2.98. The molecule has 9 nitrogen and oxygen atoms in total. The second-order valence-corrected chi connectivity index (χ2v) is 8.88. The maximum atomic E-state index is 12.9. The number of hydrogen-bond donors (Lipinski definition) is 2. The zero-order valence-electron chi connectivity index (χ0n) is 16.8. The number of nitrogens with zero attached hydrogens (tertiary/aromatic N) is 2. The fourth-order valence-corrected chi connectivity index (χ4v) is 4.68. The molecule has 0 radical (unpaired) electrons. The van der Waals surface area contributed by atoms with Crippen LogP contribution in [0.3, 0.4) is 0 Å². The number of piperidine rings is 1. The van der Waals surface area contributed by atoms with Gasteiger partial charge in [0.05, 0.1) is 17.6 Å². The second kappa shape index (κ2) is 9.23. The molecule has 30 heavy (non-hydrogen) atoms. The van der Waals surface area contributed by atoms with Crippen molar-refractivity contribution in [2.75, 3.05) is 25.5 Å². The standard InChI is InChI=1S/C20H24N4O5S/c1-14(25)22-16-4-6-18(7-5-16)30(27,28)24-11-9-17(10-12-24)23-20(26)15-3-8-19(29-2)21-13-15/h3-8,13,17H,9-12H2,1-2H3,(H,22,25)(H,23,26). The number of ether oxygens (including phenoxy) is 1. The summed E-state index contributed by atoms with van der Waals surface area (Å²) >= 11 is 0. The molecule has 1 fully saturated rings. The minimum atomic E-state index is -3.63. The summed E-state index contributed by atoms with van der Waals surface area (Å²) in [5, 5.41) is 5.54. The van der Waals surface area contributed by atoms with Gasteiger partial charge in [0.1, 0.15) is 0 Å². The topological polar surface area (TPSA) is 118 Å². The summed E-state index contributed by atoms with van der Waals surface area (Å²) in [5.41, 5.74) is 0.959. The predicted molar refractivity (Wildman–Crippen MR) is 111 cm³/mol. The third-order valence-electron chi connectivity index (χ3n) is 4.81. The molecule has 0 bridgehead atoms. The molecule has 160 valence electrons. The van der Waals surface area contributed by atoms with Crippen molar-refractivity contribution in [1.29, 1.82) is 0 Å². The monoisotopic (exact) mass is 432 g/mol. The summed E-state index contributed by atoms with van der Waals surface area (Å²) in [4.78, 5) is 27.6. The molecule has 0 aliphatic carbocycles. The van der Waals surface area contributed by atoms with E-state index < -0.39 is 10.0 Å². The van der Waals surface area contributed by atoms with E-state index >= 15 is 0 Å². The van der Waals surface area contributed by atoms with Crippen molar-refractivity contribution in [3.05, 3.63) is 48.2 Å². The Bertz CT molecular complexity index is 998. The summed E-state index contributed by atoms with van der Waals surface area (Å²) in [6, 6.07) is 9.20. The number of nitrogens with one attached hydrogen (secondary N) is 2. The first kappa shape index (κ1) is 21.7. The minimum Gasteiger partial charge on any atom is -0.481 e. The van der Waals surface area contributed by atoms with Crippen molar-refractivity contribution in [1.82, 2.24) is 14.6 Å². The van der Waals surface area contributed by atoms with Crippen LogP contribution in [0.25, 0.3) is 0 Å². The molecule has 1 saturated heterocycles. The van der Waals surface area contributed by atoms with E-state index in [1.165, 1.54) is 36.7 Å². The highest BCUT2D eigenvalue weighted by Gasteiger charge is 2.30. The summed E-state index contributed by atoms with van der Waals surface area (Å²) in [6.45, 7) is 2.00. The van der Waals surface area contributed by atoms with Gasteiger partial charge in [-0.3, -0.25) is 9.59 Å². The van der Waals surface area contributed by atoms with Crippen molar-refractivity contribution in [2.24, 2.45) is 0 Å². The van der Waals surface area contributed by atoms with Crippen LogP contribution in [0.1, 0.15) is 30.1 Å². The van der Waals surface area contributed by atoms with Gasteiger partial charge in [0.25, 0.3) is 5.91 Å². The lowest BCUT2D eigenvalue weighted by molar-refractivity contribution is -0.114. The largest absolute Gasteiger partial charge is 0.481 e. The van der Waals surface area contributed by atoms with Gasteiger partial charge in [0, 0.05) is 44.0 Å². The highest BCUT2D eigenvalue weighted by molar-refractivity contribution is 7.89. The SMILES string of the molecule is COc1ccc(C(=O)NC2CCN(S(=O)(=O)c3ccc(NC(C)=O)cc3)CC2)cn1. The molecule has 0 spiro atoms. The fourth-order valence-electron chi connectivity index (χ4n) is 3.21. The van der Waals surface area contributed by atoms with Crippen LogP contribution < -0.4 is 15.4 Å². The molecule has 2 heterocycles. The summed E-state index contributed by atoms with van der Waals surface area (Å²) in [7, 11) is -2.13. The molecule has 2 amide bonds. The van der Waals surface area contributed by atoms with Gasteiger partial charge in [0.2, 0.25) is 21.8 Å². The van der Waals surface area contributed by atoms with Crippen LogP contribution in [0.15, 0.2) is 47.5 Å². The van der Waals surface area contributed by atoms with Gasteiger partial charge in [-0.25, -0.2) is 13.4 Å². The number of rotatable bonds is 6. The van der Waals surface area contributed by atoms with E-state index in [0.717, 1.165) is 0 Å². The van der Waals surface area contributed by atoms with Crippen LogP contribution in [-0.2, 0) is 14.8 Å². The van der Waals surface area contributed by atoms with Crippen LogP contribution in [0.2, 0.25) is 0 Å². The van der Waals surface area contributed by atoms with E-state index in [2.05, 4.69) is 15.6 Å². The molecule has 0 saturated carbocycles. The van der Waals surface area contributed by atoms with E-state index in [1.807, 2.05) is 0 Å². The number of methoxy groups -OCH3 is 1. The molecular weight excluding hydrogens is 408 g/mol. The predicted octanol–water partition coefficient (Wildman–Crippen LogP) is 1.63. The lowest BCUT2D eigenvalue weighted by atomic mass is 10.1. The van der Waals surface area contributed by atoms with Gasteiger partial charge in [-0.05, 0) is 43.2 Å². The van der Waals surface area contributed by atoms with Crippen LogP contribution in [0.5, 0.6) is 5.88 Å². The zero-order valence-corrected chi connectivity index (χ0v) is 17.6. The third-order valence-corrected chi connectivity index (χ3v) is 6.72. The summed E-state index contributed by atoms with van der Waals surface area (Å²) in [6.07, 6.45) is 2.47. The number of carbonyl (C=O) groups is 2. The van der Waals surface area contributed by atoms with Gasteiger partial charge in [-0.2, -0.15) is 4.31 Å². The summed E-state index contributed by atoms with van der Waals surface area (Å²) in [5.74, 6) is -0.0460. The van der Waals surface area contributed by atoms with Crippen molar-refractivity contribution in [3.63, 3.8) is 0 Å². The highest BCUT2D eigenvalue weighted by atomic mass is 32.2. The van der Waals surface area contributed by atoms with Gasteiger partial charge >= 0.3 is 0 Å². The maximum Gasteiger partial charge on any atom is 0.253 e. The lowest BCUT2D eigenvalue weighted by Crippen LogP contribution is -2.46. The maximum absolute atomic E-state index is 12.9. The molecule has 1 aromatic heterocycles. The van der Waals surface area contributed by atoms with Crippen molar-refractivity contribution < 1.29 is 22.7 Å².